The lowest BCUT2D eigenvalue weighted by atomic mass is 9.68. The average Bonchev–Trinajstić information content (AvgIpc) is 2.62. The van der Waals surface area contributed by atoms with Gasteiger partial charge in [-0.15, -0.1) is 0 Å². The minimum absolute atomic E-state index is 0.116. The van der Waals surface area contributed by atoms with Crippen LogP contribution < -0.4 is 4.74 Å². The molecule has 2 aromatic rings. The van der Waals surface area contributed by atoms with Gasteiger partial charge in [-0.2, -0.15) is 0 Å². The Hall–Kier alpha value is -2.36. The van der Waals surface area contributed by atoms with E-state index in [2.05, 4.69) is 56.9 Å². The molecular weight excluding hydrogens is 362 g/mol. The van der Waals surface area contributed by atoms with Gasteiger partial charge in [-0.1, -0.05) is 39.8 Å². The van der Waals surface area contributed by atoms with Crippen molar-refractivity contribution < 1.29 is 14.3 Å². The standard InChI is InChI=1S/C25H35NO3/c1-8-22(25(6,7)17-18(2)19-13-15-26-16-14-19)20-9-11-21(12-10-20)28-23(27)29-24(3,4)5/h9-16,18,22H,8,17H2,1-7H3. The van der Waals surface area contributed by atoms with Gasteiger partial charge in [-0.25, -0.2) is 4.79 Å². The van der Waals surface area contributed by atoms with Gasteiger partial charge in [0.25, 0.3) is 0 Å². The van der Waals surface area contributed by atoms with Crippen LogP contribution in [-0.4, -0.2) is 16.7 Å². The number of rotatable bonds is 7. The lowest BCUT2D eigenvalue weighted by Crippen LogP contribution is -2.26. The first kappa shape index (κ1) is 22.9. The zero-order chi connectivity index (χ0) is 21.7. The summed E-state index contributed by atoms with van der Waals surface area (Å²) in [7, 11) is 0. The molecule has 1 aromatic heterocycles. The van der Waals surface area contributed by atoms with Crippen molar-refractivity contribution in [2.75, 3.05) is 0 Å². The lowest BCUT2D eigenvalue weighted by molar-refractivity contribution is 0.0206. The van der Waals surface area contributed by atoms with Crippen molar-refractivity contribution in [1.29, 1.82) is 0 Å². The molecule has 1 aromatic carbocycles. The van der Waals surface area contributed by atoms with Gasteiger partial charge in [0.2, 0.25) is 0 Å². The Kier molecular flexibility index (Phi) is 7.45. The first-order chi connectivity index (χ1) is 13.5. The number of carbonyl (C=O) groups is 1. The monoisotopic (exact) mass is 397 g/mol. The van der Waals surface area contributed by atoms with E-state index in [1.807, 2.05) is 45.3 Å². The smallest absolute Gasteiger partial charge is 0.428 e. The molecule has 158 valence electrons. The molecule has 0 N–H and O–H groups in total. The Labute approximate surface area is 175 Å². The summed E-state index contributed by atoms with van der Waals surface area (Å²) in [5.41, 5.74) is 2.13. The molecule has 0 bridgehead atoms. The van der Waals surface area contributed by atoms with Crippen molar-refractivity contribution in [3.05, 3.63) is 59.9 Å². The molecule has 0 aliphatic rings. The third-order valence-electron chi connectivity index (χ3n) is 5.33. The van der Waals surface area contributed by atoms with Gasteiger partial charge in [-0.05, 0) is 86.3 Å². The summed E-state index contributed by atoms with van der Waals surface area (Å²) in [5, 5.41) is 0. The van der Waals surface area contributed by atoms with Crippen molar-refractivity contribution in [2.45, 2.75) is 78.7 Å². The largest absolute Gasteiger partial charge is 0.514 e. The van der Waals surface area contributed by atoms with Crippen molar-refractivity contribution in [3.63, 3.8) is 0 Å². The van der Waals surface area contributed by atoms with E-state index in [1.54, 1.807) is 0 Å². The van der Waals surface area contributed by atoms with Crippen LogP contribution in [0.25, 0.3) is 0 Å². The number of pyridine rings is 1. The van der Waals surface area contributed by atoms with E-state index in [4.69, 9.17) is 9.47 Å². The molecule has 2 rings (SSSR count). The number of hydrogen-bond acceptors (Lipinski definition) is 4. The summed E-state index contributed by atoms with van der Waals surface area (Å²) in [6.07, 6.45) is 5.16. The van der Waals surface area contributed by atoms with Gasteiger partial charge in [0.05, 0.1) is 0 Å². The minimum Gasteiger partial charge on any atom is -0.428 e. The van der Waals surface area contributed by atoms with Gasteiger partial charge < -0.3 is 9.47 Å². The van der Waals surface area contributed by atoms with Crippen LogP contribution in [0.4, 0.5) is 4.79 Å². The molecule has 0 amide bonds. The Balaban J connectivity index is 2.09. The van der Waals surface area contributed by atoms with Gasteiger partial charge in [0, 0.05) is 12.4 Å². The molecule has 0 spiro atoms. The lowest BCUT2D eigenvalue weighted by Gasteiger charge is -2.36. The summed E-state index contributed by atoms with van der Waals surface area (Å²) in [6, 6.07) is 12.0. The molecule has 4 nitrogen and oxygen atoms in total. The van der Waals surface area contributed by atoms with Crippen molar-refractivity contribution in [1.82, 2.24) is 4.98 Å². The van der Waals surface area contributed by atoms with Crippen molar-refractivity contribution >= 4 is 6.16 Å². The zero-order valence-electron chi connectivity index (χ0n) is 18.9. The van der Waals surface area contributed by atoms with E-state index >= 15 is 0 Å². The number of ether oxygens (including phenoxy) is 2. The van der Waals surface area contributed by atoms with Gasteiger partial charge in [0.1, 0.15) is 11.4 Å². The molecule has 0 aliphatic heterocycles. The minimum atomic E-state index is -0.677. The van der Waals surface area contributed by atoms with Crippen molar-refractivity contribution in [2.24, 2.45) is 5.41 Å². The van der Waals surface area contributed by atoms with E-state index in [0.29, 0.717) is 17.6 Å². The van der Waals surface area contributed by atoms with Crippen LogP contribution in [0, 0.1) is 5.41 Å². The second-order valence-corrected chi connectivity index (χ2v) is 9.47. The van der Waals surface area contributed by atoms with Crippen LogP contribution in [0.15, 0.2) is 48.8 Å². The van der Waals surface area contributed by atoms with E-state index in [0.717, 1.165) is 12.8 Å². The summed E-state index contributed by atoms with van der Waals surface area (Å²) in [4.78, 5) is 16.0. The molecule has 29 heavy (non-hydrogen) atoms. The molecule has 0 fully saturated rings. The Morgan fingerprint density at radius 1 is 0.966 bits per heavy atom. The maximum absolute atomic E-state index is 11.9. The molecular formula is C25H35NO3. The quantitative estimate of drug-likeness (QED) is 0.369. The maximum Gasteiger partial charge on any atom is 0.514 e. The Bertz CT molecular complexity index is 776. The zero-order valence-corrected chi connectivity index (χ0v) is 18.9. The second-order valence-electron chi connectivity index (χ2n) is 9.47. The van der Waals surface area contributed by atoms with Crippen LogP contribution in [0.5, 0.6) is 5.75 Å². The highest BCUT2D eigenvalue weighted by Gasteiger charge is 2.31. The SMILES string of the molecule is CCC(c1ccc(OC(=O)OC(C)(C)C)cc1)C(C)(C)CC(C)c1ccncc1. The predicted molar refractivity (Wildman–Crippen MR) is 117 cm³/mol. The first-order valence-corrected chi connectivity index (χ1v) is 10.4. The molecule has 0 aliphatic carbocycles. The predicted octanol–water partition coefficient (Wildman–Crippen LogP) is 7.11. The highest BCUT2D eigenvalue weighted by Crippen LogP contribution is 2.44. The number of aromatic nitrogens is 1. The van der Waals surface area contributed by atoms with Crippen LogP contribution in [-0.2, 0) is 4.74 Å². The molecule has 0 saturated carbocycles. The topological polar surface area (TPSA) is 48.4 Å². The van der Waals surface area contributed by atoms with Gasteiger partial charge in [-0.3, -0.25) is 4.98 Å². The summed E-state index contributed by atoms with van der Waals surface area (Å²) < 4.78 is 10.5. The molecule has 0 saturated heterocycles. The van der Waals surface area contributed by atoms with Crippen molar-refractivity contribution in [3.8, 4) is 5.75 Å². The highest BCUT2D eigenvalue weighted by molar-refractivity contribution is 5.64. The van der Waals surface area contributed by atoms with E-state index in [-0.39, 0.29) is 5.41 Å². The Morgan fingerprint density at radius 3 is 2.07 bits per heavy atom. The second kappa shape index (κ2) is 9.43. The van der Waals surface area contributed by atoms with E-state index < -0.39 is 11.8 Å². The average molecular weight is 398 g/mol. The molecule has 0 radical (unpaired) electrons. The van der Waals surface area contributed by atoms with Gasteiger partial charge >= 0.3 is 6.16 Å². The highest BCUT2D eigenvalue weighted by atomic mass is 16.7. The summed E-state index contributed by atoms with van der Waals surface area (Å²) >= 11 is 0. The fraction of sp³-hybridized carbons (Fsp3) is 0.520. The number of carbonyl (C=O) groups excluding carboxylic acids is 1. The molecule has 1 heterocycles. The fourth-order valence-electron chi connectivity index (χ4n) is 4.12. The molecule has 2 unspecified atom stereocenters. The Morgan fingerprint density at radius 2 is 1.55 bits per heavy atom. The van der Waals surface area contributed by atoms with E-state index in [9.17, 15) is 4.79 Å². The molecule has 2 atom stereocenters. The maximum atomic E-state index is 11.9. The van der Waals surface area contributed by atoms with Gasteiger partial charge in [0.15, 0.2) is 0 Å². The third-order valence-corrected chi connectivity index (χ3v) is 5.33. The van der Waals surface area contributed by atoms with E-state index in [1.165, 1.54) is 11.1 Å². The molecule has 4 heteroatoms. The fourth-order valence-corrected chi connectivity index (χ4v) is 4.12. The third kappa shape index (κ3) is 6.88. The van der Waals surface area contributed by atoms with Crippen LogP contribution in [0.3, 0.4) is 0 Å². The summed E-state index contributed by atoms with van der Waals surface area (Å²) in [6.45, 7) is 14.6. The summed E-state index contributed by atoms with van der Waals surface area (Å²) in [5.74, 6) is 1.36. The first-order valence-electron chi connectivity index (χ1n) is 10.4. The number of benzene rings is 1. The van der Waals surface area contributed by atoms with Crippen LogP contribution in [0.1, 0.15) is 84.3 Å². The van der Waals surface area contributed by atoms with Crippen LogP contribution >= 0.6 is 0 Å². The van der Waals surface area contributed by atoms with Crippen LogP contribution in [0.2, 0.25) is 0 Å². The normalized spacial score (nSPS) is 14.2. The number of nitrogens with zero attached hydrogens (tertiary/aromatic N) is 1. The number of hydrogen-bond donors (Lipinski definition) is 0.